The number of aryl methyl sites for hydroxylation is 3. The molecule has 0 atom stereocenters. The molecule has 4 nitrogen and oxygen atoms in total. The highest BCUT2D eigenvalue weighted by molar-refractivity contribution is 6.33. The number of halogens is 2. The fraction of sp³-hybridized carbons (Fsp3) is 0.357. The van der Waals surface area contributed by atoms with Gasteiger partial charge in [0, 0.05) is 48.4 Å². The number of fused-ring (bicyclic) bond motifs is 1. The Morgan fingerprint density at radius 1 is 1.18 bits per heavy atom. The van der Waals surface area contributed by atoms with E-state index in [0.29, 0.717) is 42.1 Å². The predicted octanol–water partition coefficient (Wildman–Crippen LogP) is 6.72. The first kappa shape index (κ1) is 22.7. The first-order valence-corrected chi connectivity index (χ1v) is 12.3. The average molecular weight is 475 g/mol. The molecule has 1 aromatic heterocycles. The molecule has 2 aliphatic rings. The van der Waals surface area contributed by atoms with E-state index in [1.165, 1.54) is 18.5 Å². The lowest BCUT2D eigenvalue weighted by Gasteiger charge is -2.39. The number of hydrogen-bond donors (Lipinski definition) is 1. The molecule has 0 radical (unpaired) electrons. The number of nitriles is 1. The van der Waals surface area contributed by atoms with Crippen LogP contribution in [-0.4, -0.2) is 28.0 Å². The van der Waals surface area contributed by atoms with E-state index in [1.807, 2.05) is 13.0 Å². The van der Waals surface area contributed by atoms with Crippen molar-refractivity contribution in [3.05, 3.63) is 81.6 Å². The van der Waals surface area contributed by atoms with E-state index in [-0.39, 0.29) is 0 Å². The van der Waals surface area contributed by atoms with Gasteiger partial charge in [0.1, 0.15) is 11.5 Å². The molecule has 5 rings (SSSR count). The van der Waals surface area contributed by atoms with Gasteiger partial charge < -0.3 is 9.88 Å². The highest BCUT2D eigenvalue weighted by Gasteiger charge is 2.37. The standard InChI is InChI=1S/C28H28ClFN4/c1-18-15-24(29)23(27-32-25-5-3-4-6-26(25)33-27)16-22(18)19(2)34-13-11-28(30,12-14-34)21-9-7-20(17-31)8-10-21/h7-10,15-16H,2-6,11-14H2,1H3,(H,32,33). The maximum absolute atomic E-state index is 15.7. The van der Waals surface area contributed by atoms with Crippen LogP contribution >= 0.6 is 11.6 Å². The van der Waals surface area contributed by atoms with Gasteiger partial charge in [-0.1, -0.05) is 30.3 Å². The molecule has 2 heterocycles. The van der Waals surface area contributed by atoms with E-state index in [0.717, 1.165) is 46.7 Å². The van der Waals surface area contributed by atoms with Crippen LogP contribution in [0.4, 0.5) is 4.39 Å². The summed E-state index contributed by atoms with van der Waals surface area (Å²) in [5.41, 5.74) is 5.98. The van der Waals surface area contributed by atoms with Gasteiger partial charge >= 0.3 is 0 Å². The molecule has 1 fully saturated rings. The Labute approximate surface area is 205 Å². The van der Waals surface area contributed by atoms with Gasteiger partial charge in [-0.15, -0.1) is 0 Å². The summed E-state index contributed by atoms with van der Waals surface area (Å²) in [6.45, 7) is 7.55. The highest BCUT2D eigenvalue weighted by atomic mass is 35.5. The maximum atomic E-state index is 15.7. The number of hydrogen-bond acceptors (Lipinski definition) is 3. The minimum atomic E-state index is -1.39. The van der Waals surface area contributed by atoms with Crippen LogP contribution in [0.3, 0.4) is 0 Å². The topological polar surface area (TPSA) is 55.7 Å². The minimum Gasteiger partial charge on any atom is -0.371 e. The largest absolute Gasteiger partial charge is 0.371 e. The van der Waals surface area contributed by atoms with Gasteiger partial charge in [0.05, 0.1) is 22.3 Å². The van der Waals surface area contributed by atoms with Crippen LogP contribution in [0, 0.1) is 18.3 Å². The summed E-state index contributed by atoms with van der Waals surface area (Å²) in [6.07, 6.45) is 5.15. The molecule has 1 aliphatic carbocycles. The van der Waals surface area contributed by atoms with E-state index in [1.54, 1.807) is 24.3 Å². The van der Waals surface area contributed by atoms with Gasteiger partial charge in [-0.2, -0.15) is 5.26 Å². The Hall–Kier alpha value is -3.10. The lowest BCUT2D eigenvalue weighted by atomic mass is 9.85. The highest BCUT2D eigenvalue weighted by Crippen LogP contribution is 2.40. The molecule has 1 aliphatic heterocycles. The Morgan fingerprint density at radius 3 is 2.56 bits per heavy atom. The molecule has 34 heavy (non-hydrogen) atoms. The summed E-state index contributed by atoms with van der Waals surface area (Å²) in [6, 6.07) is 13.0. The Bertz CT molecular complexity index is 1250. The number of nitrogens with one attached hydrogen (secondary N) is 1. The van der Waals surface area contributed by atoms with Crippen molar-refractivity contribution in [2.45, 2.75) is 51.1 Å². The molecule has 174 valence electrons. The predicted molar refractivity (Wildman–Crippen MR) is 134 cm³/mol. The summed E-state index contributed by atoms with van der Waals surface area (Å²) in [7, 11) is 0. The summed E-state index contributed by atoms with van der Waals surface area (Å²) < 4.78 is 15.7. The van der Waals surface area contributed by atoms with Crippen LogP contribution in [0.25, 0.3) is 17.1 Å². The van der Waals surface area contributed by atoms with Gasteiger partial charge in [0.2, 0.25) is 0 Å². The number of likely N-dealkylation sites (tertiary alicyclic amines) is 1. The lowest BCUT2D eigenvalue weighted by Crippen LogP contribution is -2.39. The van der Waals surface area contributed by atoms with Crippen molar-refractivity contribution in [1.29, 1.82) is 5.26 Å². The molecule has 0 unspecified atom stereocenters. The van der Waals surface area contributed by atoms with Crippen LogP contribution in [0.2, 0.25) is 5.02 Å². The second-order valence-corrected chi connectivity index (χ2v) is 9.86. The summed E-state index contributed by atoms with van der Waals surface area (Å²) in [4.78, 5) is 10.5. The van der Waals surface area contributed by atoms with Crippen LogP contribution < -0.4 is 0 Å². The zero-order valence-electron chi connectivity index (χ0n) is 19.4. The number of rotatable bonds is 4. The molecule has 0 amide bonds. The van der Waals surface area contributed by atoms with E-state index in [4.69, 9.17) is 21.8 Å². The molecule has 2 aromatic carbocycles. The summed E-state index contributed by atoms with van der Waals surface area (Å²) in [5, 5.41) is 9.68. The number of H-pyrrole nitrogens is 1. The van der Waals surface area contributed by atoms with Gasteiger partial charge in [-0.3, -0.25) is 0 Å². The maximum Gasteiger partial charge on any atom is 0.139 e. The second kappa shape index (κ2) is 8.92. The molecule has 0 spiro atoms. The molecule has 1 saturated heterocycles. The number of piperidine rings is 1. The zero-order chi connectivity index (χ0) is 23.9. The van der Waals surface area contributed by atoms with Gasteiger partial charge in [0.25, 0.3) is 0 Å². The van der Waals surface area contributed by atoms with Crippen molar-refractivity contribution >= 4 is 17.3 Å². The van der Waals surface area contributed by atoms with Gasteiger partial charge in [-0.05, 0) is 68.0 Å². The molecular formula is C28H28ClFN4. The fourth-order valence-electron chi connectivity index (χ4n) is 5.18. The number of alkyl halides is 1. The van der Waals surface area contributed by atoms with E-state index in [2.05, 4.69) is 28.6 Å². The molecule has 1 N–H and O–H groups in total. The van der Waals surface area contributed by atoms with Crippen LogP contribution in [0.1, 0.15) is 59.3 Å². The van der Waals surface area contributed by atoms with Gasteiger partial charge in [-0.25, -0.2) is 9.37 Å². The van der Waals surface area contributed by atoms with Crippen molar-refractivity contribution in [2.75, 3.05) is 13.1 Å². The Balaban J connectivity index is 1.36. The first-order valence-electron chi connectivity index (χ1n) is 11.9. The summed E-state index contributed by atoms with van der Waals surface area (Å²) in [5.74, 6) is 0.813. The van der Waals surface area contributed by atoms with Crippen LogP contribution in [-0.2, 0) is 18.5 Å². The fourth-order valence-corrected chi connectivity index (χ4v) is 5.49. The third-order valence-electron chi connectivity index (χ3n) is 7.30. The smallest absolute Gasteiger partial charge is 0.139 e. The van der Waals surface area contributed by atoms with Crippen molar-refractivity contribution < 1.29 is 4.39 Å². The van der Waals surface area contributed by atoms with E-state index in [9.17, 15) is 0 Å². The normalized spacial score (nSPS) is 17.2. The first-order chi connectivity index (χ1) is 16.4. The van der Waals surface area contributed by atoms with Crippen LogP contribution in [0.5, 0.6) is 0 Å². The SMILES string of the molecule is C=C(c1cc(-c2nc3c([nH]2)CCCC3)c(Cl)cc1C)N1CCC(F)(c2ccc(C#N)cc2)CC1. The monoisotopic (exact) mass is 474 g/mol. The third kappa shape index (κ3) is 4.12. The van der Waals surface area contributed by atoms with Crippen molar-refractivity contribution in [2.24, 2.45) is 0 Å². The van der Waals surface area contributed by atoms with E-state index >= 15 is 4.39 Å². The van der Waals surface area contributed by atoms with E-state index < -0.39 is 5.67 Å². The molecular weight excluding hydrogens is 447 g/mol. The Morgan fingerprint density at radius 2 is 1.88 bits per heavy atom. The number of aromatic nitrogens is 2. The zero-order valence-corrected chi connectivity index (χ0v) is 20.2. The quantitative estimate of drug-likeness (QED) is 0.456. The second-order valence-electron chi connectivity index (χ2n) is 9.45. The summed E-state index contributed by atoms with van der Waals surface area (Å²) >= 11 is 6.64. The molecule has 0 saturated carbocycles. The van der Waals surface area contributed by atoms with Crippen molar-refractivity contribution in [3.8, 4) is 17.5 Å². The molecule has 6 heteroatoms. The third-order valence-corrected chi connectivity index (χ3v) is 7.62. The minimum absolute atomic E-state index is 0.377. The molecule has 3 aromatic rings. The average Bonchev–Trinajstić information content (AvgIpc) is 3.28. The van der Waals surface area contributed by atoms with Gasteiger partial charge in [0.15, 0.2) is 0 Å². The Kier molecular flexibility index (Phi) is 5.95. The molecule has 0 bridgehead atoms. The number of benzene rings is 2. The lowest BCUT2D eigenvalue weighted by molar-refractivity contribution is 0.0794. The number of imidazole rings is 1. The van der Waals surface area contributed by atoms with Crippen molar-refractivity contribution in [1.82, 2.24) is 14.9 Å². The number of nitrogens with zero attached hydrogens (tertiary/aromatic N) is 3. The van der Waals surface area contributed by atoms with Crippen LogP contribution in [0.15, 0.2) is 43.0 Å². The number of aromatic amines is 1. The van der Waals surface area contributed by atoms with Crippen molar-refractivity contribution in [3.63, 3.8) is 0 Å².